The fourth-order valence-corrected chi connectivity index (χ4v) is 8.02. The predicted octanol–water partition coefficient (Wildman–Crippen LogP) is 15.7. The lowest BCUT2D eigenvalue weighted by molar-refractivity contribution is -0.151. The summed E-state index contributed by atoms with van der Waals surface area (Å²) in [4.78, 5) is 26.1. The van der Waals surface area contributed by atoms with Gasteiger partial charge in [0.25, 0.3) is 0 Å². The molecule has 0 saturated carbocycles. The molecule has 0 fully saturated rings. The van der Waals surface area contributed by atoms with Gasteiger partial charge in [0, 0.05) is 6.42 Å². The summed E-state index contributed by atoms with van der Waals surface area (Å²) in [6, 6.07) is -0.709. The molecular formula is C54H101NO5. The third kappa shape index (κ3) is 42.8. The largest absolute Gasteiger partial charge is 0.462 e. The average molecular weight is 844 g/mol. The molecule has 0 rings (SSSR count). The molecule has 0 aromatic rings. The molecule has 6 nitrogen and oxygen atoms in total. The second kappa shape index (κ2) is 48.1. The van der Waals surface area contributed by atoms with Crippen LogP contribution in [0.1, 0.15) is 271 Å². The molecule has 60 heavy (non-hydrogen) atoms. The summed E-state index contributed by atoms with van der Waals surface area (Å²) >= 11 is 0. The summed E-state index contributed by atoms with van der Waals surface area (Å²) < 4.78 is 5.92. The van der Waals surface area contributed by atoms with Crippen molar-refractivity contribution >= 4 is 11.9 Å². The summed E-state index contributed by atoms with van der Waals surface area (Å²) in [6.07, 6.45) is 56.3. The molecule has 0 aliphatic rings. The van der Waals surface area contributed by atoms with Crippen LogP contribution in [0.2, 0.25) is 0 Å². The van der Waals surface area contributed by atoms with Crippen LogP contribution in [0.5, 0.6) is 0 Å². The van der Waals surface area contributed by atoms with E-state index in [1.54, 1.807) is 0 Å². The molecule has 0 saturated heterocycles. The van der Waals surface area contributed by atoms with Gasteiger partial charge in [0.2, 0.25) is 5.91 Å². The molecule has 0 aliphatic heterocycles. The lowest BCUT2D eigenvalue weighted by Gasteiger charge is -2.24. The van der Waals surface area contributed by atoms with Crippen molar-refractivity contribution in [3.63, 3.8) is 0 Å². The maximum Gasteiger partial charge on any atom is 0.306 e. The Morgan fingerprint density at radius 3 is 1.28 bits per heavy atom. The summed E-state index contributed by atoms with van der Waals surface area (Å²) in [7, 11) is 0. The van der Waals surface area contributed by atoms with E-state index < -0.39 is 18.2 Å². The van der Waals surface area contributed by atoms with Gasteiger partial charge < -0.3 is 20.3 Å². The Balaban J connectivity index is 4.63. The molecular weight excluding hydrogens is 743 g/mol. The number of rotatable bonds is 47. The average Bonchev–Trinajstić information content (AvgIpc) is 3.24. The number of hydrogen-bond donors (Lipinski definition) is 3. The number of aliphatic hydroxyl groups excluding tert-OH is 2. The van der Waals surface area contributed by atoms with Crippen LogP contribution in [-0.4, -0.2) is 46.9 Å². The van der Waals surface area contributed by atoms with Crippen LogP contribution in [0.15, 0.2) is 36.5 Å². The van der Waals surface area contributed by atoms with Gasteiger partial charge >= 0.3 is 5.97 Å². The lowest BCUT2D eigenvalue weighted by Crippen LogP contribution is -2.46. The van der Waals surface area contributed by atoms with Crippen LogP contribution in [0, 0.1) is 0 Å². The highest BCUT2D eigenvalue weighted by molar-refractivity contribution is 5.77. The van der Waals surface area contributed by atoms with Gasteiger partial charge in [0.05, 0.1) is 25.2 Å². The normalized spacial score (nSPS) is 13.5. The van der Waals surface area contributed by atoms with Gasteiger partial charge in [-0.25, -0.2) is 0 Å². The van der Waals surface area contributed by atoms with Crippen molar-refractivity contribution in [2.45, 2.75) is 289 Å². The van der Waals surface area contributed by atoms with E-state index in [2.05, 4.69) is 62.5 Å². The van der Waals surface area contributed by atoms with Crippen molar-refractivity contribution in [1.82, 2.24) is 5.32 Å². The molecule has 1 amide bonds. The van der Waals surface area contributed by atoms with E-state index in [9.17, 15) is 19.8 Å². The second-order valence-corrected chi connectivity index (χ2v) is 18.0. The van der Waals surface area contributed by atoms with Crippen molar-refractivity contribution < 1.29 is 24.5 Å². The molecule has 0 radical (unpaired) electrons. The van der Waals surface area contributed by atoms with E-state index in [0.29, 0.717) is 19.3 Å². The minimum Gasteiger partial charge on any atom is -0.462 e. The Hall–Kier alpha value is -1.92. The van der Waals surface area contributed by atoms with Gasteiger partial charge in [-0.3, -0.25) is 9.59 Å². The number of hydrogen-bond acceptors (Lipinski definition) is 5. The van der Waals surface area contributed by atoms with Crippen molar-refractivity contribution in [1.29, 1.82) is 0 Å². The SMILES string of the molecule is CCCCCCC/C=C/C=C/C=C/CCCCCC(CC(=O)NC(CO)C(O)CCCCCCCCCCCCCCC)OC(=O)CCCCCCCCCCCCCC. The number of unbranched alkanes of at least 4 members (excludes halogenated alkanes) is 31. The first-order valence-electron chi connectivity index (χ1n) is 26.2. The Kier molecular flexibility index (Phi) is 46.6. The third-order valence-electron chi connectivity index (χ3n) is 12.0. The van der Waals surface area contributed by atoms with E-state index in [4.69, 9.17) is 4.74 Å². The van der Waals surface area contributed by atoms with Gasteiger partial charge in [-0.2, -0.15) is 0 Å². The van der Waals surface area contributed by atoms with Gasteiger partial charge in [-0.1, -0.05) is 243 Å². The molecule has 0 spiro atoms. The molecule has 0 aromatic carbocycles. The highest BCUT2D eigenvalue weighted by atomic mass is 16.5. The molecule has 0 bridgehead atoms. The van der Waals surface area contributed by atoms with E-state index in [-0.39, 0.29) is 24.9 Å². The number of amides is 1. The monoisotopic (exact) mass is 844 g/mol. The smallest absolute Gasteiger partial charge is 0.306 e. The third-order valence-corrected chi connectivity index (χ3v) is 12.0. The van der Waals surface area contributed by atoms with Crippen LogP contribution in [0.3, 0.4) is 0 Å². The first kappa shape index (κ1) is 58.1. The van der Waals surface area contributed by atoms with Crippen LogP contribution in [-0.2, 0) is 14.3 Å². The maximum atomic E-state index is 13.2. The van der Waals surface area contributed by atoms with Crippen LogP contribution < -0.4 is 5.32 Å². The van der Waals surface area contributed by atoms with E-state index in [1.807, 2.05) is 0 Å². The molecule has 0 heterocycles. The summed E-state index contributed by atoms with van der Waals surface area (Å²) in [6.45, 7) is 6.47. The van der Waals surface area contributed by atoms with E-state index >= 15 is 0 Å². The number of allylic oxidation sites excluding steroid dienone is 6. The molecule has 3 atom stereocenters. The van der Waals surface area contributed by atoms with E-state index in [1.165, 1.54) is 154 Å². The van der Waals surface area contributed by atoms with Crippen LogP contribution in [0.25, 0.3) is 0 Å². The summed E-state index contributed by atoms with van der Waals surface area (Å²) in [5, 5.41) is 23.8. The topological polar surface area (TPSA) is 95.9 Å². The van der Waals surface area contributed by atoms with Gasteiger partial charge in [0.1, 0.15) is 6.10 Å². The zero-order chi connectivity index (χ0) is 43.8. The van der Waals surface area contributed by atoms with Gasteiger partial charge in [0.15, 0.2) is 0 Å². The fourth-order valence-electron chi connectivity index (χ4n) is 8.02. The molecule has 0 aromatic heterocycles. The molecule has 352 valence electrons. The van der Waals surface area contributed by atoms with Crippen molar-refractivity contribution in [3.05, 3.63) is 36.5 Å². The maximum absolute atomic E-state index is 13.2. The first-order chi connectivity index (χ1) is 29.5. The number of esters is 1. The molecule has 3 unspecified atom stereocenters. The minimum atomic E-state index is -0.794. The van der Waals surface area contributed by atoms with Crippen molar-refractivity contribution in [3.8, 4) is 0 Å². The summed E-state index contributed by atoms with van der Waals surface area (Å²) in [5.41, 5.74) is 0. The fraction of sp³-hybridized carbons (Fsp3) is 0.852. The highest BCUT2D eigenvalue weighted by Gasteiger charge is 2.24. The zero-order valence-corrected chi connectivity index (χ0v) is 40.1. The molecule has 3 N–H and O–H groups in total. The number of ether oxygens (including phenoxy) is 1. The number of carbonyl (C=O) groups is 2. The lowest BCUT2D eigenvalue weighted by atomic mass is 10.0. The van der Waals surface area contributed by atoms with Gasteiger partial charge in [-0.15, -0.1) is 0 Å². The number of aliphatic hydroxyl groups is 2. The van der Waals surface area contributed by atoms with Crippen LogP contribution in [0.4, 0.5) is 0 Å². The Morgan fingerprint density at radius 2 is 0.850 bits per heavy atom. The zero-order valence-electron chi connectivity index (χ0n) is 40.1. The Labute approximate surface area is 373 Å². The first-order valence-corrected chi connectivity index (χ1v) is 26.2. The van der Waals surface area contributed by atoms with E-state index in [0.717, 1.165) is 70.6 Å². The minimum absolute atomic E-state index is 0.0586. The second-order valence-electron chi connectivity index (χ2n) is 18.0. The Morgan fingerprint density at radius 1 is 0.483 bits per heavy atom. The summed E-state index contributed by atoms with van der Waals surface area (Å²) in [5.74, 6) is -0.497. The number of nitrogens with one attached hydrogen (secondary N) is 1. The van der Waals surface area contributed by atoms with Gasteiger partial charge in [-0.05, 0) is 51.4 Å². The van der Waals surface area contributed by atoms with Crippen LogP contribution >= 0.6 is 0 Å². The molecule has 0 aliphatic carbocycles. The molecule has 6 heteroatoms. The quantitative estimate of drug-likeness (QED) is 0.0322. The van der Waals surface area contributed by atoms with Crippen molar-refractivity contribution in [2.24, 2.45) is 0 Å². The predicted molar refractivity (Wildman–Crippen MR) is 259 cm³/mol. The standard InChI is InChI=1S/C54H101NO5/c1-4-7-10-13-16-19-22-25-26-27-29-30-33-36-39-42-45-50(60-54(59)47-44-41-38-35-32-24-21-18-15-12-9-6-3)48-53(58)55-51(49-56)52(57)46-43-40-37-34-31-28-23-20-17-14-11-8-5-2/h22,25-27,29-30,50-52,56-57H,4-21,23-24,28,31-49H2,1-3H3,(H,55,58)/b25-22+,27-26+,30-29+. The Bertz CT molecular complexity index is 993. The highest BCUT2D eigenvalue weighted by Crippen LogP contribution is 2.18. The van der Waals surface area contributed by atoms with Crippen molar-refractivity contribution in [2.75, 3.05) is 6.61 Å². The number of carbonyl (C=O) groups excluding carboxylic acids is 2.